The van der Waals surface area contributed by atoms with E-state index in [9.17, 15) is 4.79 Å². The Morgan fingerprint density at radius 2 is 2.11 bits per heavy atom. The number of nitrogens with two attached hydrogens (primary N) is 1. The van der Waals surface area contributed by atoms with E-state index in [1.807, 2.05) is 18.5 Å². The first-order valence-electron chi connectivity index (χ1n) is 6.09. The first-order valence-corrected chi connectivity index (χ1v) is 6.09. The molecule has 0 amide bonds. The number of carbonyl (C=O) groups is 1. The minimum absolute atomic E-state index is 0.180. The van der Waals surface area contributed by atoms with Crippen LogP contribution in [0.1, 0.15) is 16.3 Å². The highest BCUT2D eigenvalue weighted by atomic mass is 16.5. The predicted octanol–water partition coefficient (Wildman–Crippen LogP) is 0.139. The van der Waals surface area contributed by atoms with Crippen LogP contribution < -0.4 is 5.73 Å². The molecule has 0 spiro atoms. The Hall–Kier alpha value is -1.60. The maximum absolute atomic E-state index is 11.5. The fraction of sp³-hybridized carbons (Fsp3) is 0.667. The molecule has 0 saturated carbocycles. The second kappa shape index (κ2) is 7.10. The van der Waals surface area contributed by atoms with E-state index in [1.54, 1.807) is 7.11 Å². The molecule has 0 aliphatic rings. The van der Waals surface area contributed by atoms with Gasteiger partial charge < -0.3 is 24.7 Å². The highest BCUT2D eigenvalue weighted by Gasteiger charge is 2.18. The monoisotopic (exact) mass is 270 g/mol. The first kappa shape index (κ1) is 15.5. The minimum atomic E-state index is -0.507. The number of methoxy groups -OCH3 is 2. The highest BCUT2D eigenvalue weighted by Crippen LogP contribution is 2.15. The van der Waals surface area contributed by atoms with E-state index in [1.165, 1.54) is 7.11 Å². The molecule has 7 heteroatoms. The van der Waals surface area contributed by atoms with Crippen molar-refractivity contribution in [3.8, 4) is 0 Å². The number of aryl methyl sites for hydroxylation is 1. The van der Waals surface area contributed by atoms with Crippen molar-refractivity contribution in [1.82, 2.24) is 14.5 Å². The number of rotatable bonds is 7. The molecule has 1 aromatic rings. The summed E-state index contributed by atoms with van der Waals surface area (Å²) >= 11 is 0. The van der Waals surface area contributed by atoms with Crippen molar-refractivity contribution in [2.75, 3.05) is 46.7 Å². The van der Waals surface area contributed by atoms with E-state index in [2.05, 4.69) is 14.6 Å². The fourth-order valence-corrected chi connectivity index (χ4v) is 1.74. The standard InChI is InChI=1S/C12H22N4O3/c1-9-14-10(12(17)19-4)11(13)16(9)6-5-15(2)7-8-18-3/h5-8,13H2,1-4H3. The van der Waals surface area contributed by atoms with Gasteiger partial charge in [-0.05, 0) is 14.0 Å². The molecule has 0 unspecified atom stereocenters. The van der Waals surface area contributed by atoms with Gasteiger partial charge in [0.15, 0.2) is 5.69 Å². The summed E-state index contributed by atoms with van der Waals surface area (Å²) in [6, 6.07) is 0. The summed E-state index contributed by atoms with van der Waals surface area (Å²) in [4.78, 5) is 17.7. The lowest BCUT2D eigenvalue weighted by Gasteiger charge is -2.17. The molecule has 0 atom stereocenters. The number of carbonyl (C=O) groups excluding carboxylic acids is 1. The smallest absolute Gasteiger partial charge is 0.360 e. The zero-order valence-electron chi connectivity index (χ0n) is 12.0. The Labute approximate surface area is 113 Å². The van der Waals surface area contributed by atoms with Gasteiger partial charge in [0.1, 0.15) is 11.6 Å². The Bertz CT molecular complexity index is 431. The summed E-state index contributed by atoms with van der Waals surface area (Å²) in [6.45, 7) is 4.81. The number of esters is 1. The van der Waals surface area contributed by atoms with Crippen LogP contribution in [0.15, 0.2) is 0 Å². The van der Waals surface area contributed by atoms with Crippen molar-refractivity contribution in [2.24, 2.45) is 0 Å². The predicted molar refractivity (Wildman–Crippen MR) is 72.1 cm³/mol. The SMILES string of the molecule is COCCN(C)CCn1c(C)nc(C(=O)OC)c1N. The average molecular weight is 270 g/mol. The van der Waals surface area contributed by atoms with Gasteiger partial charge in [0.2, 0.25) is 0 Å². The molecule has 108 valence electrons. The van der Waals surface area contributed by atoms with Crippen LogP contribution in [0.3, 0.4) is 0 Å². The van der Waals surface area contributed by atoms with Crippen molar-refractivity contribution in [2.45, 2.75) is 13.5 Å². The lowest BCUT2D eigenvalue weighted by atomic mass is 10.4. The molecule has 2 N–H and O–H groups in total. The minimum Gasteiger partial charge on any atom is -0.464 e. The summed E-state index contributed by atoms with van der Waals surface area (Å²) in [7, 11) is 4.99. The first-order chi connectivity index (χ1) is 9.01. The molecule has 19 heavy (non-hydrogen) atoms. The Morgan fingerprint density at radius 3 is 2.68 bits per heavy atom. The van der Waals surface area contributed by atoms with Crippen molar-refractivity contribution >= 4 is 11.8 Å². The van der Waals surface area contributed by atoms with E-state index in [-0.39, 0.29) is 5.69 Å². The number of anilines is 1. The van der Waals surface area contributed by atoms with Crippen molar-refractivity contribution in [1.29, 1.82) is 0 Å². The van der Waals surface area contributed by atoms with Crippen molar-refractivity contribution in [3.05, 3.63) is 11.5 Å². The van der Waals surface area contributed by atoms with E-state index in [4.69, 9.17) is 10.5 Å². The maximum atomic E-state index is 11.5. The lowest BCUT2D eigenvalue weighted by molar-refractivity contribution is 0.0595. The molecule has 1 heterocycles. The normalized spacial score (nSPS) is 11.0. The third-order valence-electron chi connectivity index (χ3n) is 2.96. The van der Waals surface area contributed by atoms with E-state index in [0.29, 0.717) is 24.8 Å². The molecule has 1 aromatic heterocycles. The topological polar surface area (TPSA) is 82.6 Å². The van der Waals surface area contributed by atoms with Crippen LogP contribution in [0.2, 0.25) is 0 Å². The Morgan fingerprint density at radius 1 is 1.42 bits per heavy atom. The van der Waals surface area contributed by atoms with Crippen LogP contribution in [-0.4, -0.2) is 61.4 Å². The van der Waals surface area contributed by atoms with Gasteiger partial charge in [0.25, 0.3) is 0 Å². The van der Waals surface area contributed by atoms with Crippen LogP contribution in [-0.2, 0) is 16.0 Å². The van der Waals surface area contributed by atoms with Crippen LogP contribution in [0.4, 0.5) is 5.82 Å². The van der Waals surface area contributed by atoms with Gasteiger partial charge in [0, 0.05) is 26.7 Å². The van der Waals surface area contributed by atoms with Crippen LogP contribution >= 0.6 is 0 Å². The molecule has 1 rings (SSSR count). The van der Waals surface area contributed by atoms with Gasteiger partial charge >= 0.3 is 5.97 Å². The summed E-state index contributed by atoms with van der Waals surface area (Å²) in [5, 5.41) is 0. The lowest BCUT2D eigenvalue weighted by Crippen LogP contribution is -2.27. The van der Waals surface area contributed by atoms with E-state index < -0.39 is 5.97 Å². The molecule has 0 aliphatic carbocycles. The Kier molecular flexibility index (Phi) is 5.78. The second-order valence-corrected chi connectivity index (χ2v) is 4.33. The van der Waals surface area contributed by atoms with E-state index in [0.717, 1.165) is 13.1 Å². The molecule has 0 bridgehead atoms. The molecular formula is C12H22N4O3. The van der Waals surface area contributed by atoms with Crippen LogP contribution in [0, 0.1) is 6.92 Å². The highest BCUT2D eigenvalue weighted by molar-refractivity contribution is 5.92. The summed E-state index contributed by atoms with van der Waals surface area (Å²) < 4.78 is 11.5. The van der Waals surface area contributed by atoms with E-state index >= 15 is 0 Å². The molecular weight excluding hydrogens is 248 g/mol. The largest absolute Gasteiger partial charge is 0.464 e. The number of hydrogen-bond acceptors (Lipinski definition) is 6. The zero-order chi connectivity index (χ0) is 14.4. The number of ether oxygens (including phenoxy) is 2. The molecule has 0 aliphatic heterocycles. The number of aromatic nitrogens is 2. The maximum Gasteiger partial charge on any atom is 0.360 e. The third kappa shape index (κ3) is 3.93. The third-order valence-corrected chi connectivity index (χ3v) is 2.96. The number of hydrogen-bond donors (Lipinski definition) is 1. The van der Waals surface area contributed by atoms with Crippen LogP contribution in [0.5, 0.6) is 0 Å². The summed E-state index contributed by atoms with van der Waals surface area (Å²) in [6.07, 6.45) is 0. The van der Waals surface area contributed by atoms with Gasteiger partial charge in [-0.15, -0.1) is 0 Å². The molecule has 0 saturated heterocycles. The van der Waals surface area contributed by atoms with Gasteiger partial charge in [-0.1, -0.05) is 0 Å². The number of nitrogens with zero attached hydrogens (tertiary/aromatic N) is 3. The van der Waals surface area contributed by atoms with Gasteiger partial charge in [0.05, 0.1) is 13.7 Å². The number of nitrogen functional groups attached to an aromatic ring is 1. The molecule has 0 aromatic carbocycles. The zero-order valence-corrected chi connectivity index (χ0v) is 12.0. The molecule has 0 radical (unpaired) electrons. The summed E-state index contributed by atoms with van der Waals surface area (Å²) in [5.41, 5.74) is 6.10. The fourth-order valence-electron chi connectivity index (χ4n) is 1.74. The average Bonchev–Trinajstić information content (AvgIpc) is 2.68. The quantitative estimate of drug-likeness (QED) is 0.710. The van der Waals surface area contributed by atoms with Gasteiger partial charge in [-0.3, -0.25) is 0 Å². The van der Waals surface area contributed by atoms with Crippen molar-refractivity contribution in [3.63, 3.8) is 0 Å². The van der Waals surface area contributed by atoms with Gasteiger partial charge in [-0.25, -0.2) is 9.78 Å². The number of imidazole rings is 1. The van der Waals surface area contributed by atoms with Gasteiger partial charge in [-0.2, -0.15) is 0 Å². The van der Waals surface area contributed by atoms with Crippen molar-refractivity contribution < 1.29 is 14.3 Å². The number of likely N-dealkylation sites (N-methyl/N-ethyl adjacent to an activating group) is 1. The summed E-state index contributed by atoms with van der Waals surface area (Å²) in [5.74, 6) is 0.551. The van der Waals surface area contributed by atoms with Crippen LogP contribution in [0.25, 0.3) is 0 Å². The Balaban J connectivity index is 2.68. The second-order valence-electron chi connectivity index (χ2n) is 4.33. The molecule has 7 nitrogen and oxygen atoms in total. The molecule has 0 fully saturated rings.